The van der Waals surface area contributed by atoms with Gasteiger partial charge in [0, 0.05) is 33.2 Å². The van der Waals surface area contributed by atoms with Gasteiger partial charge >= 0.3 is 0 Å². The van der Waals surface area contributed by atoms with Gasteiger partial charge in [0.1, 0.15) is 10.5 Å². The monoisotopic (exact) mass is 369 g/mol. The van der Waals surface area contributed by atoms with Gasteiger partial charge in [-0.2, -0.15) is 5.10 Å². The third-order valence-corrected chi connectivity index (χ3v) is 4.71. The SMILES string of the molecule is Cn1ncc(N2CCN(CC(=O)Nc3nncs3)CC2)c(Cl)c1=O. The Balaban J connectivity index is 1.55. The number of carbonyl (C=O) groups is 1. The fourth-order valence-electron chi connectivity index (χ4n) is 2.46. The minimum Gasteiger partial charge on any atom is -0.366 e. The van der Waals surface area contributed by atoms with Crippen molar-refractivity contribution in [1.29, 1.82) is 0 Å². The first kappa shape index (κ1) is 16.8. The number of anilines is 2. The maximum absolute atomic E-state index is 12.0. The van der Waals surface area contributed by atoms with Gasteiger partial charge in [0.15, 0.2) is 0 Å². The third-order valence-electron chi connectivity index (χ3n) is 3.75. The van der Waals surface area contributed by atoms with Crippen LogP contribution in [0, 0.1) is 0 Å². The lowest BCUT2D eigenvalue weighted by Gasteiger charge is -2.35. The van der Waals surface area contributed by atoms with Crippen LogP contribution in [0.25, 0.3) is 0 Å². The molecule has 9 nitrogen and oxygen atoms in total. The van der Waals surface area contributed by atoms with Crippen LogP contribution >= 0.6 is 22.9 Å². The summed E-state index contributed by atoms with van der Waals surface area (Å²) in [5, 5.41) is 14.9. The Morgan fingerprint density at radius 1 is 1.38 bits per heavy atom. The second kappa shape index (κ2) is 7.24. The number of rotatable bonds is 4. The predicted octanol–water partition coefficient (Wildman–Crippen LogP) is 0.0459. The molecule has 0 saturated carbocycles. The van der Waals surface area contributed by atoms with E-state index in [-0.39, 0.29) is 23.0 Å². The molecular weight excluding hydrogens is 354 g/mol. The number of hydrogen-bond donors (Lipinski definition) is 1. The van der Waals surface area contributed by atoms with Crippen molar-refractivity contribution in [2.24, 2.45) is 7.05 Å². The van der Waals surface area contributed by atoms with Crippen molar-refractivity contribution in [3.05, 3.63) is 27.1 Å². The van der Waals surface area contributed by atoms with E-state index in [1.54, 1.807) is 18.8 Å². The Labute approximate surface area is 146 Å². The van der Waals surface area contributed by atoms with Crippen LogP contribution in [0.5, 0.6) is 0 Å². The van der Waals surface area contributed by atoms with Gasteiger partial charge < -0.3 is 4.90 Å². The highest BCUT2D eigenvalue weighted by atomic mass is 35.5. The summed E-state index contributed by atoms with van der Waals surface area (Å²) in [4.78, 5) is 27.9. The van der Waals surface area contributed by atoms with Crippen molar-refractivity contribution in [3.63, 3.8) is 0 Å². The molecule has 128 valence electrons. The van der Waals surface area contributed by atoms with E-state index in [1.165, 1.54) is 16.0 Å². The maximum Gasteiger partial charge on any atom is 0.287 e. The molecule has 1 saturated heterocycles. The molecule has 0 spiro atoms. The van der Waals surface area contributed by atoms with E-state index in [2.05, 4.69) is 20.6 Å². The van der Waals surface area contributed by atoms with E-state index in [4.69, 9.17) is 11.6 Å². The molecule has 1 fully saturated rings. The molecule has 1 N–H and O–H groups in total. The van der Waals surface area contributed by atoms with Crippen LogP contribution in [0.1, 0.15) is 0 Å². The number of piperazine rings is 1. The van der Waals surface area contributed by atoms with Crippen LogP contribution in [0.4, 0.5) is 10.8 Å². The Morgan fingerprint density at radius 3 is 2.79 bits per heavy atom. The molecule has 0 bridgehead atoms. The summed E-state index contributed by atoms with van der Waals surface area (Å²) in [7, 11) is 1.56. The molecule has 0 unspecified atom stereocenters. The summed E-state index contributed by atoms with van der Waals surface area (Å²) in [5.74, 6) is -0.117. The molecule has 0 radical (unpaired) electrons. The summed E-state index contributed by atoms with van der Waals surface area (Å²) in [6, 6.07) is 0. The number of amides is 1. The topological polar surface area (TPSA) is 96.2 Å². The van der Waals surface area contributed by atoms with Crippen molar-refractivity contribution in [2.45, 2.75) is 0 Å². The van der Waals surface area contributed by atoms with Gasteiger partial charge in [0.2, 0.25) is 11.0 Å². The highest BCUT2D eigenvalue weighted by Gasteiger charge is 2.22. The van der Waals surface area contributed by atoms with Crippen molar-refractivity contribution in [1.82, 2.24) is 24.9 Å². The standard InChI is InChI=1S/C13H16ClN7O2S/c1-19-12(23)11(14)9(6-16-19)21-4-2-20(3-5-21)7-10(22)17-13-18-15-8-24-13/h6,8H,2-5,7H2,1H3,(H,17,18,22). The van der Waals surface area contributed by atoms with Gasteiger partial charge in [0.05, 0.1) is 18.4 Å². The van der Waals surface area contributed by atoms with Gasteiger partial charge in [-0.05, 0) is 0 Å². The number of nitrogens with zero attached hydrogens (tertiary/aromatic N) is 6. The van der Waals surface area contributed by atoms with Crippen LogP contribution in [0.3, 0.4) is 0 Å². The molecule has 11 heteroatoms. The fraction of sp³-hybridized carbons (Fsp3) is 0.462. The molecule has 1 aliphatic rings. The predicted molar refractivity (Wildman–Crippen MR) is 91.7 cm³/mol. The molecule has 2 aromatic rings. The minimum atomic E-state index is -0.312. The van der Waals surface area contributed by atoms with Crippen molar-refractivity contribution < 1.29 is 4.79 Å². The highest BCUT2D eigenvalue weighted by Crippen LogP contribution is 2.22. The number of halogens is 1. The first-order valence-corrected chi connectivity index (χ1v) is 8.55. The smallest absolute Gasteiger partial charge is 0.287 e. The van der Waals surface area contributed by atoms with Crippen molar-refractivity contribution in [3.8, 4) is 0 Å². The summed E-state index contributed by atoms with van der Waals surface area (Å²) in [6.45, 7) is 3.00. The summed E-state index contributed by atoms with van der Waals surface area (Å²) in [5.41, 5.74) is 1.89. The number of nitrogens with one attached hydrogen (secondary N) is 1. The number of aryl methyl sites for hydroxylation is 1. The molecule has 1 amide bonds. The van der Waals surface area contributed by atoms with Gasteiger partial charge in [-0.3, -0.25) is 19.8 Å². The zero-order valence-electron chi connectivity index (χ0n) is 13.0. The second-order valence-electron chi connectivity index (χ2n) is 5.33. The first-order valence-electron chi connectivity index (χ1n) is 7.29. The molecule has 3 rings (SSSR count). The fourth-order valence-corrected chi connectivity index (χ4v) is 3.21. The maximum atomic E-state index is 12.0. The Bertz CT molecular complexity index is 771. The van der Waals surface area contributed by atoms with E-state index in [0.29, 0.717) is 37.0 Å². The van der Waals surface area contributed by atoms with E-state index >= 15 is 0 Å². The van der Waals surface area contributed by atoms with E-state index in [9.17, 15) is 9.59 Å². The number of aromatic nitrogens is 4. The Kier molecular flexibility index (Phi) is 5.07. The van der Waals surface area contributed by atoms with Crippen LogP contribution in [0.2, 0.25) is 5.02 Å². The summed E-state index contributed by atoms with van der Waals surface area (Å²) >= 11 is 7.41. The lowest BCUT2D eigenvalue weighted by atomic mass is 10.3. The van der Waals surface area contributed by atoms with Gasteiger partial charge in [0.25, 0.3) is 5.56 Å². The lowest BCUT2D eigenvalue weighted by molar-refractivity contribution is -0.117. The molecule has 0 aromatic carbocycles. The zero-order valence-corrected chi connectivity index (χ0v) is 14.5. The quantitative estimate of drug-likeness (QED) is 0.813. The van der Waals surface area contributed by atoms with E-state index in [0.717, 1.165) is 0 Å². The minimum absolute atomic E-state index is 0.117. The zero-order chi connectivity index (χ0) is 17.1. The van der Waals surface area contributed by atoms with Gasteiger partial charge in [-0.15, -0.1) is 10.2 Å². The van der Waals surface area contributed by atoms with E-state index in [1.807, 2.05) is 9.80 Å². The van der Waals surface area contributed by atoms with Crippen LogP contribution in [0.15, 0.2) is 16.5 Å². The molecular formula is C13H16ClN7O2S. The highest BCUT2D eigenvalue weighted by molar-refractivity contribution is 7.13. The van der Waals surface area contributed by atoms with E-state index < -0.39 is 0 Å². The van der Waals surface area contributed by atoms with Crippen molar-refractivity contribution in [2.75, 3.05) is 42.9 Å². The lowest BCUT2D eigenvalue weighted by Crippen LogP contribution is -2.49. The third kappa shape index (κ3) is 3.71. The number of hydrogen-bond acceptors (Lipinski definition) is 8. The van der Waals surface area contributed by atoms with Crippen LogP contribution < -0.4 is 15.8 Å². The normalized spacial score (nSPS) is 15.5. The van der Waals surface area contributed by atoms with Crippen molar-refractivity contribution >= 4 is 39.7 Å². The molecule has 3 heterocycles. The molecule has 0 atom stereocenters. The number of carbonyl (C=O) groups excluding carboxylic acids is 1. The molecule has 0 aliphatic carbocycles. The molecule has 24 heavy (non-hydrogen) atoms. The summed E-state index contributed by atoms with van der Waals surface area (Å²) in [6.07, 6.45) is 1.60. The average Bonchev–Trinajstić information content (AvgIpc) is 3.07. The first-order chi connectivity index (χ1) is 11.5. The van der Waals surface area contributed by atoms with Crippen LogP contribution in [-0.2, 0) is 11.8 Å². The van der Waals surface area contributed by atoms with Crippen LogP contribution in [-0.4, -0.2) is 63.5 Å². The molecule has 2 aromatic heterocycles. The molecule has 1 aliphatic heterocycles. The largest absolute Gasteiger partial charge is 0.366 e. The Hall–Kier alpha value is -2.04. The summed E-state index contributed by atoms with van der Waals surface area (Å²) < 4.78 is 1.21. The van der Waals surface area contributed by atoms with Gasteiger partial charge in [-0.1, -0.05) is 22.9 Å². The second-order valence-corrected chi connectivity index (χ2v) is 6.54. The van der Waals surface area contributed by atoms with Gasteiger partial charge in [-0.25, -0.2) is 4.68 Å². The Morgan fingerprint density at radius 2 is 2.12 bits per heavy atom. The average molecular weight is 370 g/mol.